The van der Waals surface area contributed by atoms with Crippen molar-refractivity contribution in [2.75, 3.05) is 0 Å². The second kappa shape index (κ2) is 4.72. The fourth-order valence-electron chi connectivity index (χ4n) is 0.867. The number of carbonyl (C=O) groups excluding carboxylic acids is 1. The summed E-state index contributed by atoms with van der Waals surface area (Å²) in [7, 11) is 0. The molecule has 0 spiro atoms. The zero-order chi connectivity index (χ0) is 11.3. The van der Waals surface area contributed by atoms with Crippen molar-refractivity contribution in [2.24, 2.45) is 0 Å². The van der Waals surface area contributed by atoms with Crippen molar-refractivity contribution < 1.29 is 9.53 Å². The smallest absolute Gasteiger partial charge is 0.407 e. The lowest BCUT2D eigenvalue weighted by Crippen LogP contribution is -2.32. The van der Waals surface area contributed by atoms with E-state index in [1.807, 2.05) is 20.8 Å². The number of amides is 1. The van der Waals surface area contributed by atoms with Gasteiger partial charge in [0.05, 0.1) is 0 Å². The highest BCUT2D eigenvalue weighted by molar-refractivity contribution is 5.67. The topological polar surface area (TPSA) is 64.1 Å². The van der Waals surface area contributed by atoms with Gasteiger partial charge in [0.1, 0.15) is 11.8 Å². The number of nitrogens with one attached hydrogen (secondary N) is 1. The second-order valence-electron chi connectivity index (χ2n) is 4.02. The molecule has 1 amide bonds. The highest BCUT2D eigenvalue weighted by Gasteiger charge is 2.15. The number of carbonyl (C=O) groups is 1. The van der Waals surface area contributed by atoms with Crippen molar-refractivity contribution in [3.8, 4) is 0 Å². The van der Waals surface area contributed by atoms with Gasteiger partial charge >= 0.3 is 6.09 Å². The predicted molar refractivity (Wildman–Crippen MR) is 53.9 cm³/mol. The first-order valence-corrected chi connectivity index (χ1v) is 4.62. The molecule has 1 rings (SSSR count). The summed E-state index contributed by atoms with van der Waals surface area (Å²) < 4.78 is 5.06. The van der Waals surface area contributed by atoms with E-state index in [0.717, 1.165) is 5.56 Å². The third kappa shape index (κ3) is 4.95. The van der Waals surface area contributed by atoms with Gasteiger partial charge in [-0.2, -0.15) is 5.10 Å². The van der Waals surface area contributed by atoms with Crippen LogP contribution in [0.4, 0.5) is 4.79 Å². The maximum absolute atomic E-state index is 11.2. The lowest BCUT2D eigenvalue weighted by Gasteiger charge is -2.19. The van der Waals surface area contributed by atoms with Crippen molar-refractivity contribution in [3.63, 3.8) is 0 Å². The van der Waals surface area contributed by atoms with Gasteiger partial charge in [-0.15, -0.1) is 5.10 Å². The fourth-order valence-corrected chi connectivity index (χ4v) is 0.867. The molecule has 0 saturated heterocycles. The monoisotopic (exact) mass is 208 g/mol. The summed E-state index contributed by atoms with van der Waals surface area (Å²) in [4.78, 5) is 11.2. The molecule has 0 aromatic carbocycles. The van der Waals surface area contributed by atoms with Crippen molar-refractivity contribution in [2.45, 2.75) is 32.9 Å². The van der Waals surface area contributed by atoms with Crippen LogP contribution in [0.25, 0.3) is 0 Å². The summed E-state index contributed by atoms with van der Waals surface area (Å²) in [5.41, 5.74) is 0.278. The summed E-state index contributed by atoms with van der Waals surface area (Å²) >= 11 is 0. The number of alkyl carbamates (subject to hydrolysis) is 1. The molecule has 81 valence electrons. The van der Waals surface area contributed by atoms with Gasteiger partial charge in [0, 0.05) is 18.3 Å². The molecule has 1 N–H and O–H groups in total. The number of hydrogen-bond acceptors (Lipinski definition) is 4. The molecule has 0 fully saturated rings. The molecule has 0 aliphatic carbocycles. The van der Waals surface area contributed by atoms with Crippen molar-refractivity contribution in [1.29, 1.82) is 0 Å². The van der Waals surface area contributed by atoms with E-state index in [2.05, 4.69) is 21.7 Å². The molecule has 1 aromatic heterocycles. The first kappa shape index (κ1) is 11.4. The molecule has 5 heteroatoms. The van der Waals surface area contributed by atoms with Crippen LogP contribution in [0.3, 0.4) is 0 Å². The highest BCUT2D eigenvalue weighted by Crippen LogP contribution is 2.06. The number of hydrogen-bond donors (Lipinski definition) is 1. The van der Waals surface area contributed by atoms with Crippen molar-refractivity contribution in [1.82, 2.24) is 15.5 Å². The van der Waals surface area contributed by atoms with Crippen LogP contribution >= 0.6 is 0 Å². The Balaban J connectivity index is 2.35. The van der Waals surface area contributed by atoms with E-state index in [0.29, 0.717) is 6.54 Å². The van der Waals surface area contributed by atoms with Crippen molar-refractivity contribution in [3.05, 3.63) is 24.0 Å². The SMILES string of the molecule is CC(C)(C)OC(=O)NCc1[c]nncc1. The Bertz CT molecular complexity index is 319. The van der Waals surface area contributed by atoms with Crippen LogP contribution in [0.2, 0.25) is 0 Å². The highest BCUT2D eigenvalue weighted by atomic mass is 16.6. The fraction of sp³-hybridized carbons (Fsp3) is 0.500. The molecule has 1 radical (unpaired) electrons. The zero-order valence-electron chi connectivity index (χ0n) is 9.07. The van der Waals surface area contributed by atoms with Gasteiger partial charge in [0.25, 0.3) is 0 Å². The summed E-state index contributed by atoms with van der Waals surface area (Å²) in [6, 6.07) is 1.73. The predicted octanol–water partition coefficient (Wildman–Crippen LogP) is 1.30. The van der Waals surface area contributed by atoms with E-state index in [-0.39, 0.29) is 0 Å². The molecule has 0 saturated carbocycles. The van der Waals surface area contributed by atoms with E-state index in [4.69, 9.17) is 4.74 Å². The number of rotatable bonds is 2. The molecule has 1 heterocycles. The summed E-state index contributed by atoms with van der Waals surface area (Å²) in [5.74, 6) is 0. The van der Waals surface area contributed by atoms with E-state index in [9.17, 15) is 4.79 Å². The van der Waals surface area contributed by atoms with Gasteiger partial charge in [-0.25, -0.2) is 4.79 Å². The molecule has 0 aliphatic heterocycles. The minimum atomic E-state index is -0.482. The normalized spacial score (nSPS) is 10.9. The Hall–Kier alpha value is -1.65. The average Bonchev–Trinajstić information content (AvgIpc) is 2.14. The summed E-state index contributed by atoms with van der Waals surface area (Å²) in [6.07, 6.45) is 3.75. The van der Waals surface area contributed by atoms with Gasteiger partial charge in [-0.1, -0.05) is 0 Å². The molecule has 0 atom stereocenters. The van der Waals surface area contributed by atoms with E-state index >= 15 is 0 Å². The largest absolute Gasteiger partial charge is 0.444 e. The summed E-state index contributed by atoms with van der Waals surface area (Å²) in [6.45, 7) is 5.77. The maximum Gasteiger partial charge on any atom is 0.407 e. The molecular weight excluding hydrogens is 194 g/mol. The minimum Gasteiger partial charge on any atom is -0.444 e. The second-order valence-corrected chi connectivity index (χ2v) is 4.02. The third-order valence-corrected chi connectivity index (χ3v) is 1.42. The summed E-state index contributed by atoms with van der Waals surface area (Å²) in [5, 5.41) is 9.75. The lowest BCUT2D eigenvalue weighted by atomic mass is 10.2. The van der Waals surface area contributed by atoms with Crippen molar-refractivity contribution >= 4 is 6.09 Å². The average molecular weight is 208 g/mol. The van der Waals surface area contributed by atoms with Gasteiger partial charge in [-0.05, 0) is 26.8 Å². The molecule has 0 bridgehead atoms. The van der Waals surface area contributed by atoms with Crippen LogP contribution in [0, 0.1) is 6.20 Å². The first-order chi connectivity index (χ1) is 6.97. The molecule has 5 nitrogen and oxygen atoms in total. The van der Waals surface area contributed by atoms with Gasteiger partial charge < -0.3 is 10.1 Å². The third-order valence-electron chi connectivity index (χ3n) is 1.42. The number of aromatic nitrogens is 2. The Labute approximate surface area is 88.9 Å². The standard InChI is InChI=1S/C10H14N3O2/c1-10(2,3)15-9(14)11-6-8-4-5-12-13-7-8/h4-5H,6H2,1-3H3,(H,11,14). The number of ether oxygens (including phenoxy) is 1. The van der Waals surface area contributed by atoms with Crippen LogP contribution in [0.5, 0.6) is 0 Å². The first-order valence-electron chi connectivity index (χ1n) is 4.62. The quantitative estimate of drug-likeness (QED) is 0.795. The van der Waals surface area contributed by atoms with Crippen LogP contribution < -0.4 is 5.32 Å². The Morgan fingerprint density at radius 2 is 2.33 bits per heavy atom. The molecule has 0 aliphatic rings. The maximum atomic E-state index is 11.2. The Kier molecular flexibility index (Phi) is 3.60. The van der Waals surface area contributed by atoms with Gasteiger partial charge in [0.15, 0.2) is 0 Å². The molecule has 1 aromatic rings. The Morgan fingerprint density at radius 1 is 1.60 bits per heavy atom. The van der Waals surface area contributed by atoms with E-state index < -0.39 is 11.7 Å². The zero-order valence-corrected chi connectivity index (χ0v) is 9.07. The van der Waals surface area contributed by atoms with Crippen LogP contribution in [-0.4, -0.2) is 21.9 Å². The Morgan fingerprint density at radius 3 is 2.87 bits per heavy atom. The molecule has 15 heavy (non-hydrogen) atoms. The van der Waals surface area contributed by atoms with Crippen LogP contribution in [0.15, 0.2) is 12.3 Å². The van der Waals surface area contributed by atoms with Crippen LogP contribution in [-0.2, 0) is 11.3 Å². The van der Waals surface area contributed by atoms with Gasteiger partial charge in [0.2, 0.25) is 0 Å². The van der Waals surface area contributed by atoms with E-state index in [1.54, 1.807) is 12.3 Å². The van der Waals surface area contributed by atoms with E-state index in [1.165, 1.54) is 0 Å². The minimum absolute atomic E-state index is 0.338. The molecular formula is C10H14N3O2. The van der Waals surface area contributed by atoms with Crippen LogP contribution in [0.1, 0.15) is 26.3 Å². The van der Waals surface area contributed by atoms with Gasteiger partial charge in [-0.3, -0.25) is 0 Å². The number of nitrogens with zero attached hydrogens (tertiary/aromatic N) is 2. The lowest BCUT2D eigenvalue weighted by molar-refractivity contribution is 0.0523. The molecule has 0 unspecified atom stereocenters.